The van der Waals surface area contributed by atoms with E-state index in [4.69, 9.17) is 4.42 Å². The van der Waals surface area contributed by atoms with Crippen molar-refractivity contribution in [3.05, 3.63) is 42.4 Å². The van der Waals surface area contributed by atoms with E-state index in [-0.39, 0.29) is 36.8 Å². The van der Waals surface area contributed by atoms with Crippen LogP contribution in [-0.4, -0.2) is 41.5 Å². The number of hydrogen-bond donors (Lipinski definition) is 1. The Bertz CT molecular complexity index is 649. The lowest BCUT2D eigenvalue weighted by atomic mass is 10.1. The zero-order valence-corrected chi connectivity index (χ0v) is 15.9. The molecule has 1 N–H and O–H groups in total. The number of aromatic nitrogens is 1. The minimum Gasteiger partial charge on any atom is -0.441 e. The van der Waals surface area contributed by atoms with Gasteiger partial charge in [-0.25, -0.2) is 4.98 Å². The van der Waals surface area contributed by atoms with E-state index in [1.807, 2.05) is 35.2 Å². The van der Waals surface area contributed by atoms with Gasteiger partial charge in [0.1, 0.15) is 0 Å². The Morgan fingerprint density at radius 1 is 1.32 bits per heavy atom. The highest BCUT2D eigenvalue weighted by Gasteiger charge is 2.22. The van der Waals surface area contributed by atoms with E-state index in [0.29, 0.717) is 18.7 Å². The van der Waals surface area contributed by atoms with Gasteiger partial charge in [0.25, 0.3) is 0 Å². The number of halogens is 2. The Balaban J connectivity index is 0.00000156. The summed E-state index contributed by atoms with van der Waals surface area (Å²) in [6.45, 7) is 4.66. The Morgan fingerprint density at radius 2 is 2.08 bits per heavy atom. The van der Waals surface area contributed by atoms with E-state index in [2.05, 4.69) is 17.2 Å². The van der Waals surface area contributed by atoms with Gasteiger partial charge in [-0.15, -0.1) is 24.8 Å². The molecule has 1 aliphatic rings. The molecule has 0 spiro atoms. The number of nitrogens with zero attached hydrogens (tertiary/aromatic N) is 2. The third-order valence-corrected chi connectivity index (χ3v) is 4.21. The summed E-state index contributed by atoms with van der Waals surface area (Å²) < 4.78 is 5.77. The topological polar surface area (TPSA) is 58.4 Å². The van der Waals surface area contributed by atoms with Gasteiger partial charge in [0.05, 0.1) is 6.20 Å². The highest BCUT2D eigenvalue weighted by atomic mass is 35.5. The summed E-state index contributed by atoms with van der Waals surface area (Å²) in [4.78, 5) is 18.6. The maximum Gasteiger partial charge on any atom is 0.222 e. The van der Waals surface area contributed by atoms with Crippen LogP contribution in [0.25, 0.3) is 11.3 Å². The SMILES string of the molecule is CC1CNCCN1C(=O)CCCc1ncc(-c2ccccc2)o1.Cl.Cl. The maximum absolute atomic E-state index is 12.3. The predicted octanol–water partition coefficient (Wildman–Crippen LogP) is 3.33. The van der Waals surface area contributed by atoms with Crippen molar-refractivity contribution in [2.45, 2.75) is 32.2 Å². The molecule has 1 aliphatic heterocycles. The Kier molecular flexibility index (Phi) is 8.97. The van der Waals surface area contributed by atoms with Gasteiger partial charge in [-0.2, -0.15) is 0 Å². The summed E-state index contributed by atoms with van der Waals surface area (Å²) in [6.07, 6.45) is 3.77. The molecule has 0 radical (unpaired) electrons. The monoisotopic (exact) mass is 385 g/mol. The zero-order valence-electron chi connectivity index (χ0n) is 14.3. The van der Waals surface area contributed by atoms with Crippen LogP contribution in [-0.2, 0) is 11.2 Å². The zero-order chi connectivity index (χ0) is 16.1. The highest BCUT2D eigenvalue weighted by Crippen LogP contribution is 2.20. The smallest absolute Gasteiger partial charge is 0.222 e. The molecule has 2 heterocycles. The third kappa shape index (κ3) is 5.73. The summed E-state index contributed by atoms with van der Waals surface area (Å²) in [5, 5.41) is 3.30. The Labute approximate surface area is 161 Å². The summed E-state index contributed by atoms with van der Waals surface area (Å²) in [5.74, 6) is 1.71. The van der Waals surface area contributed by atoms with Gasteiger partial charge < -0.3 is 14.6 Å². The molecular formula is C18H25Cl2N3O2. The molecule has 2 aromatic rings. The van der Waals surface area contributed by atoms with Gasteiger partial charge in [-0.05, 0) is 13.3 Å². The number of hydrogen-bond acceptors (Lipinski definition) is 4. The second kappa shape index (κ2) is 10.4. The fourth-order valence-electron chi connectivity index (χ4n) is 2.91. The first-order chi connectivity index (χ1) is 11.2. The van der Waals surface area contributed by atoms with Gasteiger partial charge in [-0.1, -0.05) is 30.3 Å². The molecular weight excluding hydrogens is 361 g/mol. The number of piperazine rings is 1. The van der Waals surface area contributed by atoms with Crippen molar-refractivity contribution in [3.63, 3.8) is 0 Å². The van der Waals surface area contributed by atoms with Crippen molar-refractivity contribution in [3.8, 4) is 11.3 Å². The van der Waals surface area contributed by atoms with Gasteiger partial charge in [-0.3, -0.25) is 4.79 Å². The molecule has 25 heavy (non-hydrogen) atoms. The predicted molar refractivity (Wildman–Crippen MR) is 103 cm³/mol. The fraction of sp³-hybridized carbons (Fsp3) is 0.444. The first-order valence-corrected chi connectivity index (χ1v) is 8.24. The number of benzene rings is 1. The van der Waals surface area contributed by atoms with Gasteiger partial charge >= 0.3 is 0 Å². The van der Waals surface area contributed by atoms with Crippen LogP contribution >= 0.6 is 24.8 Å². The third-order valence-electron chi connectivity index (χ3n) is 4.21. The number of carbonyl (C=O) groups excluding carboxylic acids is 1. The average molecular weight is 386 g/mol. The van der Waals surface area contributed by atoms with Gasteiger partial charge in [0, 0.05) is 44.1 Å². The van der Waals surface area contributed by atoms with Crippen LogP contribution in [0, 0.1) is 0 Å². The van der Waals surface area contributed by atoms with Crippen LogP contribution in [0.4, 0.5) is 0 Å². The molecule has 1 aromatic heterocycles. The summed E-state index contributed by atoms with van der Waals surface area (Å²) in [6, 6.07) is 10.2. The molecule has 1 unspecified atom stereocenters. The molecule has 1 fully saturated rings. The maximum atomic E-state index is 12.3. The lowest BCUT2D eigenvalue weighted by molar-refractivity contribution is -0.134. The molecule has 3 rings (SSSR count). The number of rotatable bonds is 5. The van der Waals surface area contributed by atoms with E-state index in [1.165, 1.54) is 0 Å². The molecule has 1 amide bonds. The number of aryl methyl sites for hydroxylation is 1. The average Bonchev–Trinajstić information content (AvgIpc) is 3.05. The molecule has 138 valence electrons. The van der Waals surface area contributed by atoms with Gasteiger partial charge in [0.2, 0.25) is 5.91 Å². The van der Waals surface area contributed by atoms with Crippen LogP contribution in [0.1, 0.15) is 25.7 Å². The minimum absolute atomic E-state index is 0. The second-order valence-electron chi connectivity index (χ2n) is 5.98. The van der Waals surface area contributed by atoms with Crippen LogP contribution in [0.2, 0.25) is 0 Å². The molecule has 1 saturated heterocycles. The minimum atomic E-state index is 0. The van der Waals surface area contributed by atoms with E-state index in [1.54, 1.807) is 6.20 Å². The van der Waals surface area contributed by atoms with Crippen molar-refractivity contribution in [2.75, 3.05) is 19.6 Å². The Hall–Kier alpha value is -1.56. The number of amides is 1. The lowest BCUT2D eigenvalue weighted by Crippen LogP contribution is -2.52. The first-order valence-electron chi connectivity index (χ1n) is 8.24. The van der Waals surface area contributed by atoms with Crippen molar-refractivity contribution in [2.24, 2.45) is 0 Å². The van der Waals surface area contributed by atoms with E-state index in [0.717, 1.165) is 37.4 Å². The molecule has 1 atom stereocenters. The quantitative estimate of drug-likeness (QED) is 0.857. The second-order valence-corrected chi connectivity index (χ2v) is 5.98. The first kappa shape index (κ1) is 21.5. The normalized spacial score (nSPS) is 16.7. The molecule has 0 aliphatic carbocycles. The standard InChI is InChI=1S/C18H23N3O2.2ClH/c1-14-12-19-10-11-21(14)18(22)9-5-8-17-20-13-16(23-17)15-6-3-2-4-7-15;;/h2-4,6-7,13-14,19H,5,8-12H2,1H3;2*1H. The molecule has 5 nitrogen and oxygen atoms in total. The van der Waals surface area contributed by atoms with Crippen molar-refractivity contribution in [1.29, 1.82) is 0 Å². The van der Waals surface area contributed by atoms with Crippen molar-refractivity contribution >= 4 is 30.7 Å². The van der Waals surface area contributed by atoms with E-state index in [9.17, 15) is 4.79 Å². The summed E-state index contributed by atoms with van der Waals surface area (Å²) in [7, 11) is 0. The van der Waals surface area contributed by atoms with Crippen LogP contribution < -0.4 is 5.32 Å². The number of carbonyl (C=O) groups is 1. The molecule has 1 aromatic carbocycles. The molecule has 0 bridgehead atoms. The van der Waals surface area contributed by atoms with Crippen LogP contribution in [0.15, 0.2) is 40.9 Å². The highest BCUT2D eigenvalue weighted by molar-refractivity contribution is 5.85. The lowest BCUT2D eigenvalue weighted by Gasteiger charge is -2.34. The van der Waals surface area contributed by atoms with Crippen molar-refractivity contribution in [1.82, 2.24) is 15.2 Å². The van der Waals surface area contributed by atoms with Crippen LogP contribution in [0.5, 0.6) is 0 Å². The number of nitrogens with one attached hydrogen (secondary N) is 1. The van der Waals surface area contributed by atoms with Crippen molar-refractivity contribution < 1.29 is 9.21 Å². The number of oxazole rings is 1. The molecule has 0 saturated carbocycles. The van der Waals surface area contributed by atoms with E-state index < -0.39 is 0 Å². The van der Waals surface area contributed by atoms with E-state index >= 15 is 0 Å². The van der Waals surface area contributed by atoms with Crippen LogP contribution in [0.3, 0.4) is 0 Å². The Morgan fingerprint density at radius 3 is 2.80 bits per heavy atom. The largest absolute Gasteiger partial charge is 0.441 e. The summed E-state index contributed by atoms with van der Waals surface area (Å²) in [5.41, 5.74) is 1.02. The molecule has 7 heteroatoms. The summed E-state index contributed by atoms with van der Waals surface area (Å²) >= 11 is 0. The fourth-order valence-corrected chi connectivity index (χ4v) is 2.91. The van der Waals surface area contributed by atoms with Gasteiger partial charge in [0.15, 0.2) is 11.7 Å².